The summed E-state index contributed by atoms with van der Waals surface area (Å²) in [7, 11) is 0. The first-order valence-electron chi connectivity index (χ1n) is 12.0. The van der Waals surface area contributed by atoms with Crippen LogP contribution in [0.15, 0.2) is 48.5 Å². The van der Waals surface area contributed by atoms with Crippen LogP contribution in [-0.4, -0.2) is 36.7 Å². The summed E-state index contributed by atoms with van der Waals surface area (Å²) in [6.07, 6.45) is 9.33. The van der Waals surface area contributed by atoms with Gasteiger partial charge in [0.05, 0.1) is 25.7 Å². The molecule has 1 saturated heterocycles. The van der Waals surface area contributed by atoms with E-state index < -0.39 is 0 Å². The minimum absolute atomic E-state index is 0.654. The van der Waals surface area contributed by atoms with Crippen LogP contribution in [0.2, 0.25) is 0 Å². The Morgan fingerprint density at radius 2 is 1.59 bits per heavy atom. The zero-order chi connectivity index (χ0) is 20.1. The van der Waals surface area contributed by atoms with Crippen molar-refractivity contribution in [2.45, 2.75) is 70.8 Å². The molecule has 0 radical (unpaired) electrons. The molecule has 2 aromatic carbocycles. The van der Waals surface area contributed by atoms with Crippen molar-refractivity contribution in [3.8, 4) is 0 Å². The lowest BCUT2D eigenvalue weighted by molar-refractivity contribution is -0.953. The van der Waals surface area contributed by atoms with E-state index in [2.05, 4.69) is 67.7 Å². The Hall–Kier alpha value is -1.80. The van der Waals surface area contributed by atoms with Crippen LogP contribution in [0.25, 0.3) is 0 Å². The molecule has 1 heterocycles. The Morgan fingerprint density at radius 3 is 2.24 bits per heavy atom. The van der Waals surface area contributed by atoms with Crippen LogP contribution in [0.5, 0.6) is 0 Å². The van der Waals surface area contributed by atoms with E-state index in [1.54, 1.807) is 0 Å². The zero-order valence-electron chi connectivity index (χ0n) is 18.5. The monoisotopic (exact) mass is 391 g/mol. The van der Waals surface area contributed by atoms with E-state index in [0.29, 0.717) is 5.92 Å². The lowest BCUT2D eigenvalue weighted by Crippen LogP contribution is -2.57. The molecule has 4 rings (SSSR count). The summed E-state index contributed by atoms with van der Waals surface area (Å²) in [5, 5.41) is 3.68. The number of rotatable bonds is 8. The van der Waals surface area contributed by atoms with Crippen molar-refractivity contribution in [3.63, 3.8) is 0 Å². The number of quaternary nitrogens is 1. The smallest absolute Gasteiger partial charge is 0.0890 e. The molecule has 29 heavy (non-hydrogen) atoms. The van der Waals surface area contributed by atoms with Crippen LogP contribution in [0, 0.1) is 0 Å². The number of anilines is 1. The second-order valence-corrected chi connectivity index (χ2v) is 9.29. The predicted octanol–water partition coefficient (Wildman–Crippen LogP) is 6.17. The number of hydrogen-bond donors (Lipinski definition) is 1. The summed E-state index contributed by atoms with van der Waals surface area (Å²) in [6.45, 7) is 9.90. The molecule has 0 bridgehead atoms. The van der Waals surface area contributed by atoms with Crippen molar-refractivity contribution >= 4 is 5.69 Å². The summed E-state index contributed by atoms with van der Waals surface area (Å²) >= 11 is 0. The molecule has 1 atom stereocenters. The Balaban J connectivity index is 1.25. The molecule has 1 N–H and O–H groups in total. The van der Waals surface area contributed by atoms with Gasteiger partial charge in [-0.25, -0.2) is 0 Å². The Bertz CT molecular complexity index is 750. The molecule has 0 saturated carbocycles. The van der Waals surface area contributed by atoms with E-state index in [1.165, 1.54) is 91.4 Å². The summed E-state index contributed by atoms with van der Waals surface area (Å²) in [5.74, 6) is 0.654. The lowest BCUT2D eigenvalue weighted by atomic mass is 9.94. The third-order valence-corrected chi connectivity index (χ3v) is 7.90. The molecule has 0 amide bonds. The number of hydrogen-bond acceptors (Lipinski definition) is 1. The van der Waals surface area contributed by atoms with E-state index in [0.717, 1.165) is 12.6 Å². The maximum atomic E-state index is 3.68. The molecule has 2 nitrogen and oxygen atoms in total. The van der Waals surface area contributed by atoms with Crippen molar-refractivity contribution in [2.24, 2.45) is 0 Å². The van der Waals surface area contributed by atoms with Crippen LogP contribution in [-0.2, 0) is 12.8 Å². The average molecular weight is 392 g/mol. The van der Waals surface area contributed by atoms with Crippen molar-refractivity contribution in [1.82, 2.24) is 0 Å². The highest BCUT2D eigenvalue weighted by Crippen LogP contribution is 2.34. The van der Waals surface area contributed by atoms with Gasteiger partial charge in [-0.05, 0) is 87.1 Å². The molecule has 2 heteroatoms. The summed E-state index contributed by atoms with van der Waals surface area (Å²) < 4.78 is 1.36. The Labute approximate surface area is 177 Å². The first-order chi connectivity index (χ1) is 14.2. The third kappa shape index (κ3) is 4.53. The molecule has 0 spiro atoms. The maximum absolute atomic E-state index is 3.68. The van der Waals surface area contributed by atoms with Crippen LogP contribution in [0.4, 0.5) is 5.69 Å². The Morgan fingerprint density at radius 1 is 0.897 bits per heavy atom. The minimum atomic E-state index is 0.654. The number of nitrogens with zero attached hydrogens (tertiary/aromatic N) is 1. The summed E-state index contributed by atoms with van der Waals surface area (Å²) in [6, 6.07) is 19.1. The van der Waals surface area contributed by atoms with Crippen molar-refractivity contribution in [1.29, 1.82) is 0 Å². The lowest BCUT2D eigenvalue weighted by Gasteiger charge is -2.47. The number of benzene rings is 2. The molecular weight excluding hydrogens is 352 g/mol. The molecular formula is C27H39N2+. The normalized spacial score (nSPS) is 21.1. The molecule has 2 aromatic rings. The van der Waals surface area contributed by atoms with E-state index in [4.69, 9.17) is 0 Å². The van der Waals surface area contributed by atoms with Crippen molar-refractivity contribution < 1.29 is 4.48 Å². The second-order valence-electron chi connectivity index (χ2n) is 9.29. The molecule has 2 aliphatic rings. The first kappa shape index (κ1) is 20.5. The molecule has 1 aliphatic carbocycles. The number of fused-ring (bicyclic) bond motifs is 1. The molecule has 1 unspecified atom stereocenters. The third-order valence-electron chi connectivity index (χ3n) is 7.90. The number of nitrogens with one attached hydrogen (secondary N) is 1. The zero-order valence-corrected chi connectivity index (χ0v) is 18.5. The minimum Gasteiger partial charge on any atom is -0.385 e. The molecule has 0 aromatic heterocycles. The van der Waals surface area contributed by atoms with Gasteiger partial charge < -0.3 is 9.80 Å². The van der Waals surface area contributed by atoms with Crippen LogP contribution in [0.3, 0.4) is 0 Å². The fourth-order valence-electron chi connectivity index (χ4n) is 5.98. The van der Waals surface area contributed by atoms with Gasteiger partial charge in [-0.2, -0.15) is 0 Å². The van der Waals surface area contributed by atoms with Crippen LogP contribution >= 0.6 is 0 Å². The van der Waals surface area contributed by atoms with E-state index in [9.17, 15) is 0 Å². The largest absolute Gasteiger partial charge is 0.385 e. The molecule has 1 fully saturated rings. The van der Waals surface area contributed by atoms with Gasteiger partial charge in [-0.1, -0.05) is 36.4 Å². The maximum Gasteiger partial charge on any atom is 0.0890 e. The number of piperidine rings is 1. The van der Waals surface area contributed by atoms with Crippen LogP contribution < -0.4 is 5.32 Å². The molecule has 1 aliphatic heterocycles. The summed E-state index contributed by atoms with van der Waals surface area (Å²) in [5.41, 5.74) is 5.84. The van der Waals surface area contributed by atoms with Gasteiger partial charge in [0.2, 0.25) is 0 Å². The van der Waals surface area contributed by atoms with Gasteiger partial charge in [0.1, 0.15) is 0 Å². The topological polar surface area (TPSA) is 12.0 Å². The standard InChI is InChI=1S/C27H39N2/c1-3-29(4-2)19-8-7-12-27(29)13-9-18-28-26-16-14-22(15-17-26)25-20-23-10-5-6-11-24(23)21-25/h5-6,10-11,14-17,25,27-28H,3-4,7-9,12-13,18-21H2,1-2H3/q+1. The van der Waals surface area contributed by atoms with Gasteiger partial charge in [-0.15, -0.1) is 0 Å². The van der Waals surface area contributed by atoms with Gasteiger partial charge in [0.25, 0.3) is 0 Å². The first-order valence-corrected chi connectivity index (χ1v) is 12.0. The SMILES string of the molecule is CC[N+]1(CC)CCCCC1CCCNc1ccc(C2Cc3ccccc3C2)cc1. The van der Waals surface area contributed by atoms with Gasteiger partial charge in [0.15, 0.2) is 0 Å². The summed E-state index contributed by atoms with van der Waals surface area (Å²) in [4.78, 5) is 0. The van der Waals surface area contributed by atoms with Crippen molar-refractivity contribution in [3.05, 3.63) is 65.2 Å². The predicted molar refractivity (Wildman–Crippen MR) is 125 cm³/mol. The van der Waals surface area contributed by atoms with Gasteiger partial charge in [0, 0.05) is 18.7 Å². The van der Waals surface area contributed by atoms with Gasteiger partial charge in [-0.3, -0.25) is 0 Å². The van der Waals surface area contributed by atoms with E-state index in [1.807, 2.05) is 0 Å². The Kier molecular flexibility index (Phi) is 6.60. The highest BCUT2D eigenvalue weighted by molar-refractivity contribution is 5.46. The van der Waals surface area contributed by atoms with Gasteiger partial charge >= 0.3 is 0 Å². The second kappa shape index (κ2) is 9.34. The van der Waals surface area contributed by atoms with E-state index >= 15 is 0 Å². The van der Waals surface area contributed by atoms with Crippen LogP contribution in [0.1, 0.15) is 68.6 Å². The highest BCUT2D eigenvalue weighted by Gasteiger charge is 2.35. The number of likely N-dealkylation sites (tertiary alicyclic amines) is 1. The molecule has 156 valence electrons. The van der Waals surface area contributed by atoms with Crippen molar-refractivity contribution in [2.75, 3.05) is 31.5 Å². The van der Waals surface area contributed by atoms with E-state index in [-0.39, 0.29) is 0 Å². The fraction of sp³-hybridized carbons (Fsp3) is 0.556. The quantitative estimate of drug-likeness (QED) is 0.419. The average Bonchev–Trinajstić information content (AvgIpc) is 3.22. The fourth-order valence-corrected chi connectivity index (χ4v) is 5.98. The highest BCUT2D eigenvalue weighted by atomic mass is 15.4.